The molecule has 0 atom stereocenters. The van der Waals surface area contributed by atoms with Gasteiger partial charge >= 0.3 is 0 Å². The number of amides is 1. The van der Waals surface area contributed by atoms with E-state index in [1.165, 1.54) is 0 Å². The van der Waals surface area contributed by atoms with Crippen LogP contribution in [0.25, 0.3) is 16.6 Å². The highest BCUT2D eigenvalue weighted by molar-refractivity contribution is 5.96. The van der Waals surface area contributed by atoms with Crippen molar-refractivity contribution in [3.05, 3.63) is 114 Å². The largest absolute Gasteiger partial charge is 0.456 e. The quantitative estimate of drug-likeness (QED) is 0.307. The number of carbonyl (C=O) groups excluding carboxylic acids is 2. The van der Waals surface area contributed by atoms with Crippen LogP contribution in [0.5, 0.6) is 11.5 Å². The van der Waals surface area contributed by atoms with Crippen molar-refractivity contribution in [3.63, 3.8) is 0 Å². The number of benzene rings is 2. The zero-order chi connectivity index (χ0) is 25.1. The summed E-state index contributed by atoms with van der Waals surface area (Å²) in [4.78, 5) is 33.0. The number of rotatable bonds is 7. The number of nitrogens with one attached hydrogen (secondary N) is 1. The SMILES string of the molecule is CC(=O)c1ccn(-c2ccc3c(Oc4cccc(C(=O)NCc5ccncc5)c4C)ccnc3c2)c1. The topological polar surface area (TPSA) is 86.1 Å². The van der Waals surface area contributed by atoms with Gasteiger partial charge in [-0.3, -0.25) is 19.6 Å². The Morgan fingerprint density at radius 3 is 2.58 bits per heavy atom. The van der Waals surface area contributed by atoms with Crippen LogP contribution in [0.3, 0.4) is 0 Å². The molecule has 0 saturated carbocycles. The normalized spacial score (nSPS) is 10.8. The van der Waals surface area contributed by atoms with Crippen molar-refractivity contribution in [3.8, 4) is 17.2 Å². The van der Waals surface area contributed by atoms with Gasteiger partial charge in [0, 0.05) is 65.3 Å². The van der Waals surface area contributed by atoms with Gasteiger partial charge in [-0.15, -0.1) is 0 Å². The van der Waals surface area contributed by atoms with E-state index in [4.69, 9.17) is 4.74 Å². The second-order valence-electron chi connectivity index (χ2n) is 8.44. The third-order valence-corrected chi connectivity index (χ3v) is 6.03. The van der Waals surface area contributed by atoms with E-state index in [0.29, 0.717) is 29.2 Å². The molecule has 0 aliphatic heterocycles. The third kappa shape index (κ3) is 4.72. The zero-order valence-corrected chi connectivity index (χ0v) is 19.9. The minimum atomic E-state index is -0.171. The van der Waals surface area contributed by atoms with E-state index in [0.717, 1.165) is 27.7 Å². The maximum absolute atomic E-state index is 12.9. The highest BCUT2D eigenvalue weighted by atomic mass is 16.5. The van der Waals surface area contributed by atoms with E-state index in [-0.39, 0.29) is 11.7 Å². The maximum Gasteiger partial charge on any atom is 0.251 e. The molecule has 7 nitrogen and oxygen atoms in total. The molecule has 1 N–H and O–H groups in total. The molecule has 5 rings (SSSR count). The van der Waals surface area contributed by atoms with Gasteiger partial charge in [0.2, 0.25) is 0 Å². The Morgan fingerprint density at radius 2 is 1.81 bits per heavy atom. The van der Waals surface area contributed by atoms with E-state index in [9.17, 15) is 9.59 Å². The average Bonchev–Trinajstić information content (AvgIpc) is 3.40. The van der Waals surface area contributed by atoms with Crippen LogP contribution in [0.15, 0.2) is 91.6 Å². The first kappa shape index (κ1) is 23.0. The number of aromatic nitrogens is 3. The number of pyridine rings is 2. The first-order chi connectivity index (χ1) is 17.5. The van der Waals surface area contributed by atoms with Gasteiger partial charge < -0.3 is 14.6 Å². The monoisotopic (exact) mass is 476 g/mol. The van der Waals surface area contributed by atoms with Crippen LogP contribution in [0.2, 0.25) is 0 Å². The molecule has 7 heteroatoms. The summed E-state index contributed by atoms with van der Waals surface area (Å²) in [6.45, 7) is 3.84. The number of fused-ring (bicyclic) bond motifs is 1. The fourth-order valence-electron chi connectivity index (χ4n) is 3.99. The highest BCUT2D eigenvalue weighted by Gasteiger charge is 2.14. The number of ketones is 1. The smallest absolute Gasteiger partial charge is 0.251 e. The van der Waals surface area contributed by atoms with Crippen LogP contribution in [0, 0.1) is 6.92 Å². The Balaban J connectivity index is 1.39. The van der Waals surface area contributed by atoms with Crippen LogP contribution in [-0.4, -0.2) is 26.2 Å². The lowest BCUT2D eigenvalue weighted by molar-refractivity contribution is 0.0949. The first-order valence-corrected chi connectivity index (χ1v) is 11.5. The highest BCUT2D eigenvalue weighted by Crippen LogP contribution is 2.32. The molecule has 1 amide bonds. The summed E-state index contributed by atoms with van der Waals surface area (Å²) in [5.74, 6) is 1.09. The van der Waals surface area contributed by atoms with Crippen molar-refractivity contribution in [2.75, 3.05) is 0 Å². The molecule has 0 saturated heterocycles. The Kier molecular flexibility index (Phi) is 6.28. The predicted octanol–water partition coefficient (Wildman–Crippen LogP) is 5.65. The van der Waals surface area contributed by atoms with E-state index in [1.807, 2.05) is 60.2 Å². The molecular weight excluding hydrogens is 452 g/mol. The van der Waals surface area contributed by atoms with Crippen molar-refractivity contribution in [2.24, 2.45) is 0 Å². The van der Waals surface area contributed by atoms with Crippen molar-refractivity contribution in [1.29, 1.82) is 0 Å². The van der Waals surface area contributed by atoms with Crippen LogP contribution in [-0.2, 0) is 6.54 Å². The van der Waals surface area contributed by atoms with Crippen molar-refractivity contribution in [1.82, 2.24) is 19.9 Å². The molecule has 0 spiro atoms. The van der Waals surface area contributed by atoms with Crippen LogP contribution >= 0.6 is 0 Å². The molecule has 0 radical (unpaired) electrons. The summed E-state index contributed by atoms with van der Waals surface area (Å²) in [5.41, 5.74) is 4.57. The molecule has 0 unspecified atom stereocenters. The van der Waals surface area contributed by atoms with Gasteiger partial charge in [-0.1, -0.05) is 6.07 Å². The fraction of sp³-hybridized carbons (Fsp3) is 0.103. The molecule has 36 heavy (non-hydrogen) atoms. The molecule has 0 fully saturated rings. The zero-order valence-electron chi connectivity index (χ0n) is 19.9. The summed E-state index contributed by atoms with van der Waals surface area (Å²) in [6, 6.07) is 18.6. The van der Waals surface area contributed by atoms with Gasteiger partial charge in [-0.2, -0.15) is 0 Å². The van der Waals surface area contributed by atoms with Crippen LogP contribution in [0.1, 0.15) is 38.8 Å². The second-order valence-corrected chi connectivity index (χ2v) is 8.44. The van der Waals surface area contributed by atoms with Crippen LogP contribution < -0.4 is 10.1 Å². The van der Waals surface area contributed by atoms with Gasteiger partial charge in [0.05, 0.1) is 5.52 Å². The molecule has 178 valence electrons. The number of hydrogen-bond donors (Lipinski definition) is 1. The van der Waals surface area contributed by atoms with Gasteiger partial charge in [0.25, 0.3) is 5.91 Å². The number of ether oxygens (including phenoxy) is 1. The minimum absolute atomic E-state index is 0.0204. The second kappa shape index (κ2) is 9.84. The summed E-state index contributed by atoms with van der Waals surface area (Å²) < 4.78 is 8.17. The lowest BCUT2D eigenvalue weighted by Crippen LogP contribution is -2.23. The Labute approximate surface area is 208 Å². The molecule has 0 aliphatic carbocycles. The van der Waals surface area contributed by atoms with Crippen molar-refractivity contribution < 1.29 is 14.3 Å². The first-order valence-electron chi connectivity index (χ1n) is 11.5. The lowest BCUT2D eigenvalue weighted by Gasteiger charge is -2.14. The molecule has 5 aromatic rings. The number of nitrogens with zero attached hydrogens (tertiary/aromatic N) is 3. The summed E-state index contributed by atoms with van der Waals surface area (Å²) >= 11 is 0. The van der Waals surface area contributed by atoms with Gasteiger partial charge in [-0.05, 0) is 74.0 Å². The lowest BCUT2D eigenvalue weighted by atomic mass is 10.1. The molecular formula is C29H24N4O3. The van der Waals surface area contributed by atoms with E-state index in [1.54, 1.807) is 49.9 Å². The van der Waals surface area contributed by atoms with Gasteiger partial charge in [0.1, 0.15) is 11.5 Å². The predicted molar refractivity (Wildman–Crippen MR) is 138 cm³/mol. The molecule has 3 aromatic heterocycles. The van der Waals surface area contributed by atoms with Crippen molar-refractivity contribution >= 4 is 22.6 Å². The Morgan fingerprint density at radius 1 is 0.972 bits per heavy atom. The maximum atomic E-state index is 12.9. The Bertz CT molecular complexity index is 1570. The molecule has 0 aliphatic rings. The summed E-state index contributed by atoms with van der Waals surface area (Å²) in [5, 5.41) is 3.79. The standard InChI is InChI=1S/C29H24N4O3/c1-19-24(29(35)32-17-21-8-12-30-13-9-21)4-3-5-27(19)36-28-10-14-31-26-16-23(6-7-25(26)28)33-15-11-22(18-33)20(2)34/h3-16,18H,17H2,1-2H3,(H,32,35). The van der Waals surface area contributed by atoms with Gasteiger partial charge in [0.15, 0.2) is 5.78 Å². The fourth-order valence-corrected chi connectivity index (χ4v) is 3.99. The van der Waals surface area contributed by atoms with Gasteiger partial charge in [-0.25, -0.2) is 0 Å². The number of hydrogen-bond acceptors (Lipinski definition) is 5. The van der Waals surface area contributed by atoms with Crippen LogP contribution in [0.4, 0.5) is 0 Å². The molecule has 3 heterocycles. The minimum Gasteiger partial charge on any atom is -0.456 e. The van der Waals surface area contributed by atoms with E-state index in [2.05, 4.69) is 15.3 Å². The number of carbonyl (C=O) groups is 2. The Hall–Kier alpha value is -4.78. The summed E-state index contributed by atoms with van der Waals surface area (Å²) in [7, 11) is 0. The average molecular weight is 477 g/mol. The molecule has 2 aromatic carbocycles. The van der Waals surface area contributed by atoms with E-state index >= 15 is 0 Å². The van der Waals surface area contributed by atoms with Crippen molar-refractivity contribution in [2.45, 2.75) is 20.4 Å². The third-order valence-electron chi connectivity index (χ3n) is 6.03. The summed E-state index contributed by atoms with van der Waals surface area (Å²) in [6.07, 6.45) is 8.75. The van der Waals surface area contributed by atoms with E-state index < -0.39 is 0 Å². The number of Topliss-reactive ketones (excluding diaryl/α,β-unsaturated/α-hetero) is 1. The molecule has 0 bridgehead atoms.